The first kappa shape index (κ1) is 11.4. The van der Waals surface area contributed by atoms with Gasteiger partial charge in [-0.2, -0.15) is 0 Å². The van der Waals surface area contributed by atoms with E-state index in [4.69, 9.17) is 0 Å². The van der Waals surface area contributed by atoms with Crippen LogP contribution in [0.2, 0.25) is 0 Å². The Hall–Kier alpha value is -0.710. The van der Waals surface area contributed by atoms with Gasteiger partial charge in [0.15, 0.2) is 0 Å². The summed E-state index contributed by atoms with van der Waals surface area (Å²) in [7, 11) is 1.33. The molecule has 0 amide bonds. The number of rotatable bonds is 3. The molecule has 0 saturated carbocycles. The molecule has 0 bridgehead atoms. The van der Waals surface area contributed by atoms with E-state index in [1.165, 1.54) is 7.11 Å². The van der Waals surface area contributed by atoms with Crippen LogP contribution in [-0.4, -0.2) is 44.0 Å². The van der Waals surface area contributed by atoms with Crippen LogP contribution >= 0.6 is 0 Å². The summed E-state index contributed by atoms with van der Waals surface area (Å²) in [4.78, 5) is 12.8. The Morgan fingerprint density at radius 1 is 1.64 bits per heavy atom. The van der Waals surface area contributed by atoms with Crippen LogP contribution < -0.4 is 0 Å². The average molecular weight is 207 g/mol. The van der Waals surface area contributed by atoms with Crippen LogP contribution in [0, 0.1) is 5.92 Å². The van der Waals surface area contributed by atoms with Crippen LogP contribution in [0.15, 0.2) is 0 Å². The van der Waals surface area contributed by atoms with Crippen molar-refractivity contribution in [1.29, 1.82) is 0 Å². The molecule has 5 heteroatoms. The second-order valence-electron chi connectivity index (χ2n) is 3.51. The first-order valence-electron chi connectivity index (χ1n) is 4.72. The molecule has 1 heterocycles. The number of hydrogen-bond acceptors (Lipinski definition) is 3. The van der Waals surface area contributed by atoms with Crippen LogP contribution in [0.25, 0.3) is 0 Å². The number of piperidine rings is 1. The zero-order chi connectivity index (χ0) is 10.6. The minimum Gasteiger partial charge on any atom is -0.469 e. The summed E-state index contributed by atoms with van der Waals surface area (Å²) in [6, 6.07) is 0. The number of carbonyl (C=O) groups excluding carboxylic acids is 1. The fraction of sp³-hybridized carbons (Fsp3) is 0.889. The number of alkyl halides is 2. The second-order valence-corrected chi connectivity index (χ2v) is 3.51. The van der Waals surface area contributed by atoms with Crippen molar-refractivity contribution in [3.05, 3.63) is 0 Å². The van der Waals surface area contributed by atoms with Crippen LogP contribution in [-0.2, 0) is 9.53 Å². The van der Waals surface area contributed by atoms with Gasteiger partial charge in [0.25, 0.3) is 6.43 Å². The highest BCUT2D eigenvalue weighted by atomic mass is 19.3. The number of ether oxygens (including phenoxy) is 1. The molecule has 1 atom stereocenters. The zero-order valence-electron chi connectivity index (χ0n) is 8.21. The summed E-state index contributed by atoms with van der Waals surface area (Å²) < 4.78 is 28.7. The lowest BCUT2D eigenvalue weighted by molar-refractivity contribution is -0.147. The van der Waals surface area contributed by atoms with Gasteiger partial charge in [0.05, 0.1) is 19.6 Å². The molecule has 3 nitrogen and oxygen atoms in total. The van der Waals surface area contributed by atoms with Gasteiger partial charge in [-0.15, -0.1) is 0 Å². The van der Waals surface area contributed by atoms with E-state index in [2.05, 4.69) is 4.74 Å². The van der Waals surface area contributed by atoms with Gasteiger partial charge in [-0.1, -0.05) is 0 Å². The first-order valence-corrected chi connectivity index (χ1v) is 4.72. The van der Waals surface area contributed by atoms with Crippen LogP contribution in [0.4, 0.5) is 8.78 Å². The molecule has 1 fully saturated rings. The van der Waals surface area contributed by atoms with E-state index in [-0.39, 0.29) is 18.4 Å². The molecule has 1 rings (SSSR count). The summed E-state index contributed by atoms with van der Waals surface area (Å²) in [6.45, 7) is 0.808. The summed E-state index contributed by atoms with van der Waals surface area (Å²) in [5, 5.41) is 0. The van der Waals surface area contributed by atoms with Gasteiger partial charge >= 0.3 is 5.97 Å². The van der Waals surface area contributed by atoms with Crippen molar-refractivity contribution in [3.8, 4) is 0 Å². The Morgan fingerprint density at radius 2 is 2.36 bits per heavy atom. The van der Waals surface area contributed by atoms with Crippen molar-refractivity contribution < 1.29 is 18.3 Å². The summed E-state index contributed by atoms with van der Waals surface area (Å²) in [5.74, 6) is -0.517. The molecule has 0 aliphatic carbocycles. The maximum atomic E-state index is 12.1. The van der Waals surface area contributed by atoms with E-state index in [1.807, 2.05) is 0 Å². The van der Waals surface area contributed by atoms with Crippen LogP contribution in [0.5, 0.6) is 0 Å². The molecule has 1 unspecified atom stereocenters. The largest absolute Gasteiger partial charge is 0.469 e. The third-order valence-corrected chi connectivity index (χ3v) is 2.44. The Labute approximate surface area is 82.0 Å². The number of nitrogens with zero attached hydrogens (tertiary/aromatic N) is 1. The van der Waals surface area contributed by atoms with E-state index < -0.39 is 6.43 Å². The topological polar surface area (TPSA) is 29.5 Å². The van der Waals surface area contributed by atoms with Crippen molar-refractivity contribution in [2.45, 2.75) is 19.3 Å². The van der Waals surface area contributed by atoms with E-state index >= 15 is 0 Å². The second kappa shape index (κ2) is 5.24. The molecule has 14 heavy (non-hydrogen) atoms. The Morgan fingerprint density at radius 3 is 2.93 bits per heavy atom. The third-order valence-electron chi connectivity index (χ3n) is 2.44. The number of halogens is 2. The van der Waals surface area contributed by atoms with Gasteiger partial charge in [-0.05, 0) is 19.4 Å². The molecule has 0 aromatic heterocycles. The molecule has 0 spiro atoms. The van der Waals surface area contributed by atoms with Crippen molar-refractivity contribution in [1.82, 2.24) is 4.90 Å². The number of esters is 1. The minimum absolute atomic E-state index is 0.229. The summed E-state index contributed by atoms with van der Waals surface area (Å²) >= 11 is 0. The SMILES string of the molecule is COC(=O)C1CCCN(CC(F)F)C1. The molecule has 82 valence electrons. The lowest BCUT2D eigenvalue weighted by Crippen LogP contribution is -2.41. The minimum atomic E-state index is -2.33. The maximum Gasteiger partial charge on any atom is 0.309 e. The fourth-order valence-electron chi connectivity index (χ4n) is 1.78. The molecule has 1 saturated heterocycles. The Balaban J connectivity index is 2.39. The standard InChI is InChI=1S/C9H15F2NO2/c1-14-9(13)7-3-2-4-12(5-7)6-8(10)11/h7-8H,2-6H2,1H3. The van der Waals surface area contributed by atoms with E-state index in [1.54, 1.807) is 4.90 Å². The molecule has 0 aromatic rings. The molecular formula is C9H15F2NO2. The predicted molar refractivity (Wildman–Crippen MR) is 47.2 cm³/mol. The quantitative estimate of drug-likeness (QED) is 0.650. The highest BCUT2D eigenvalue weighted by Crippen LogP contribution is 2.18. The van der Waals surface area contributed by atoms with Gasteiger partial charge in [0.2, 0.25) is 0 Å². The molecule has 0 aromatic carbocycles. The Kier molecular flexibility index (Phi) is 4.25. The summed E-state index contributed by atoms with van der Waals surface area (Å²) in [6.07, 6.45) is -0.801. The van der Waals surface area contributed by atoms with Gasteiger partial charge in [0.1, 0.15) is 0 Å². The number of likely N-dealkylation sites (tertiary alicyclic amines) is 1. The lowest BCUT2D eigenvalue weighted by atomic mass is 9.98. The summed E-state index contributed by atoms with van der Waals surface area (Å²) in [5.41, 5.74) is 0. The van der Waals surface area contributed by atoms with E-state index in [9.17, 15) is 13.6 Å². The van der Waals surface area contributed by atoms with E-state index in [0.717, 1.165) is 12.8 Å². The van der Waals surface area contributed by atoms with Crippen molar-refractivity contribution in [3.63, 3.8) is 0 Å². The van der Waals surface area contributed by atoms with Crippen LogP contribution in [0.1, 0.15) is 12.8 Å². The number of hydrogen-bond donors (Lipinski definition) is 0. The monoisotopic (exact) mass is 207 g/mol. The Bertz CT molecular complexity index is 199. The normalized spacial score (nSPS) is 23.9. The predicted octanol–water partition coefficient (Wildman–Crippen LogP) is 1.14. The molecule has 1 aliphatic rings. The van der Waals surface area contributed by atoms with Gasteiger partial charge < -0.3 is 4.74 Å². The zero-order valence-corrected chi connectivity index (χ0v) is 8.21. The molecule has 0 N–H and O–H groups in total. The van der Waals surface area contributed by atoms with Crippen molar-refractivity contribution in [2.24, 2.45) is 5.92 Å². The first-order chi connectivity index (χ1) is 6.63. The van der Waals surface area contributed by atoms with Gasteiger partial charge in [-0.25, -0.2) is 8.78 Å². The van der Waals surface area contributed by atoms with Gasteiger partial charge in [0, 0.05) is 6.54 Å². The number of methoxy groups -OCH3 is 1. The molecular weight excluding hydrogens is 192 g/mol. The molecule has 1 aliphatic heterocycles. The fourth-order valence-corrected chi connectivity index (χ4v) is 1.78. The lowest BCUT2D eigenvalue weighted by Gasteiger charge is -2.30. The van der Waals surface area contributed by atoms with Crippen LogP contribution in [0.3, 0.4) is 0 Å². The highest BCUT2D eigenvalue weighted by Gasteiger charge is 2.27. The molecule has 0 radical (unpaired) electrons. The maximum absolute atomic E-state index is 12.1. The van der Waals surface area contributed by atoms with Gasteiger partial charge in [-0.3, -0.25) is 9.69 Å². The highest BCUT2D eigenvalue weighted by molar-refractivity contribution is 5.72. The van der Waals surface area contributed by atoms with Crippen molar-refractivity contribution >= 4 is 5.97 Å². The average Bonchev–Trinajstić information content (AvgIpc) is 2.16. The van der Waals surface area contributed by atoms with E-state index in [0.29, 0.717) is 13.1 Å². The number of carbonyl (C=O) groups is 1. The van der Waals surface area contributed by atoms with Crippen molar-refractivity contribution in [2.75, 3.05) is 26.7 Å². The smallest absolute Gasteiger partial charge is 0.309 e. The third kappa shape index (κ3) is 3.21.